The van der Waals surface area contributed by atoms with Crippen LogP contribution in [0.25, 0.3) is 0 Å². The molecule has 0 aliphatic carbocycles. The van der Waals surface area contributed by atoms with Crippen LogP contribution >= 0.6 is 50.1 Å². The highest BCUT2D eigenvalue weighted by molar-refractivity contribution is 14.1. The van der Waals surface area contributed by atoms with Gasteiger partial charge in [0, 0.05) is 8.04 Å². The highest BCUT2D eigenvalue weighted by Gasteiger charge is 2.05. The lowest BCUT2D eigenvalue weighted by Gasteiger charge is -1.95. The Bertz CT molecular complexity index is 554. The molecule has 2 nitrogen and oxygen atoms in total. The molecule has 0 heterocycles. The van der Waals surface area contributed by atoms with Crippen LogP contribution in [0.5, 0.6) is 0 Å². The first-order valence-electron chi connectivity index (χ1n) is 4.99. The van der Waals surface area contributed by atoms with E-state index in [2.05, 4.69) is 50.7 Å². The van der Waals surface area contributed by atoms with Crippen LogP contribution in [0, 0.1) is 9.39 Å². The molecule has 0 bridgehead atoms. The van der Waals surface area contributed by atoms with Crippen molar-refractivity contribution in [1.82, 2.24) is 0 Å². The van der Waals surface area contributed by atoms with Crippen LogP contribution < -0.4 is 0 Å². The predicted molar refractivity (Wildman–Crippen MR) is 85.2 cm³/mol. The zero-order valence-electron chi connectivity index (χ0n) is 9.41. The monoisotopic (exact) mass is 456 g/mol. The van der Waals surface area contributed by atoms with Gasteiger partial charge in [-0.05, 0) is 65.1 Å². The van der Waals surface area contributed by atoms with Crippen molar-refractivity contribution in [3.63, 3.8) is 0 Å². The quantitative estimate of drug-likeness (QED) is 0.596. The molecule has 2 aromatic carbocycles. The molecule has 0 spiro atoms. The van der Waals surface area contributed by atoms with Gasteiger partial charge in [-0.15, -0.1) is 0 Å². The number of rotatable bonds is 1. The van der Waals surface area contributed by atoms with Gasteiger partial charge in [-0.1, -0.05) is 27.5 Å². The number of aromatic carboxylic acids is 1. The summed E-state index contributed by atoms with van der Waals surface area (Å²) in [4.78, 5) is 10.3. The number of hydrogen-bond acceptors (Lipinski definition) is 1. The van der Waals surface area contributed by atoms with E-state index >= 15 is 0 Å². The molecule has 0 aromatic heterocycles. The third-order valence-corrected chi connectivity index (χ3v) is 3.51. The molecule has 0 radical (unpaired) electrons. The summed E-state index contributed by atoms with van der Waals surface area (Å²) in [5.74, 6) is -1.73. The summed E-state index contributed by atoms with van der Waals surface area (Å²) in [6, 6.07) is 11.4. The molecule has 0 atom stereocenters. The summed E-state index contributed by atoms with van der Waals surface area (Å²) in [6.07, 6.45) is 0. The number of benzene rings is 2. The summed E-state index contributed by atoms with van der Waals surface area (Å²) in [6.45, 7) is 0. The standard InChI is InChI=1S/C7H4ClFO2.C6H4BrI/c8-5-3-4(7(10)11)1-2-6(5)9;7-5-1-3-6(8)4-2-5/h1-3H,(H,10,11);1-4H. The van der Waals surface area contributed by atoms with Gasteiger partial charge in [-0.25, -0.2) is 9.18 Å². The largest absolute Gasteiger partial charge is 0.478 e. The minimum absolute atomic E-state index is 0.0172. The summed E-state index contributed by atoms with van der Waals surface area (Å²) in [7, 11) is 0. The van der Waals surface area contributed by atoms with E-state index in [0.717, 1.165) is 22.7 Å². The lowest BCUT2D eigenvalue weighted by atomic mass is 10.2. The van der Waals surface area contributed by atoms with Crippen molar-refractivity contribution < 1.29 is 14.3 Å². The van der Waals surface area contributed by atoms with E-state index in [9.17, 15) is 9.18 Å². The first kappa shape index (κ1) is 16.4. The lowest BCUT2D eigenvalue weighted by Crippen LogP contribution is -1.95. The summed E-state index contributed by atoms with van der Waals surface area (Å²) >= 11 is 10.9. The fourth-order valence-corrected chi connectivity index (χ4v) is 1.86. The van der Waals surface area contributed by atoms with Gasteiger partial charge >= 0.3 is 5.97 Å². The molecule has 100 valence electrons. The fourth-order valence-electron chi connectivity index (χ4n) is 1.06. The number of hydrogen-bond donors (Lipinski definition) is 1. The molecule has 1 N–H and O–H groups in total. The Morgan fingerprint density at radius 3 is 2.21 bits per heavy atom. The van der Waals surface area contributed by atoms with Crippen LogP contribution in [0.15, 0.2) is 46.9 Å². The average molecular weight is 457 g/mol. The van der Waals surface area contributed by atoms with E-state index in [1.54, 1.807) is 0 Å². The molecular weight excluding hydrogens is 449 g/mol. The normalized spacial score (nSPS) is 9.47. The number of halogens is 4. The highest BCUT2D eigenvalue weighted by Crippen LogP contribution is 2.15. The molecule has 0 saturated heterocycles. The maximum atomic E-state index is 12.4. The van der Waals surface area contributed by atoms with E-state index in [0.29, 0.717) is 0 Å². The lowest BCUT2D eigenvalue weighted by molar-refractivity contribution is 0.0697. The van der Waals surface area contributed by atoms with Gasteiger partial charge < -0.3 is 5.11 Å². The van der Waals surface area contributed by atoms with Gasteiger partial charge in [0.05, 0.1) is 10.6 Å². The minimum atomic E-state index is -1.12. The first-order chi connectivity index (χ1) is 8.90. The molecule has 6 heteroatoms. The van der Waals surface area contributed by atoms with Crippen molar-refractivity contribution in [3.8, 4) is 0 Å². The SMILES string of the molecule is Brc1ccc(I)cc1.O=C(O)c1ccc(F)c(Cl)c1. The summed E-state index contributed by atoms with van der Waals surface area (Å²) < 4.78 is 14.8. The minimum Gasteiger partial charge on any atom is -0.478 e. The second-order valence-electron chi connectivity index (χ2n) is 3.37. The van der Waals surface area contributed by atoms with Crippen LogP contribution in [-0.4, -0.2) is 11.1 Å². The highest BCUT2D eigenvalue weighted by atomic mass is 127. The average Bonchev–Trinajstić information content (AvgIpc) is 2.37. The number of carboxylic acids is 1. The van der Waals surface area contributed by atoms with Gasteiger partial charge in [0.2, 0.25) is 0 Å². The molecule has 0 amide bonds. The van der Waals surface area contributed by atoms with Crippen molar-refractivity contribution >= 4 is 56.1 Å². The number of carboxylic acid groups (broad SMARTS) is 1. The first-order valence-corrected chi connectivity index (χ1v) is 7.24. The fraction of sp³-hybridized carbons (Fsp3) is 0. The number of carbonyl (C=O) groups is 1. The molecular formula is C13H8BrClFIO2. The second-order valence-corrected chi connectivity index (χ2v) is 5.94. The zero-order chi connectivity index (χ0) is 14.4. The molecule has 2 aromatic rings. The maximum absolute atomic E-state index is 12.4. The van der Waals surface area contributed by atoms with Gasteiger partial charge in [0.15, 0.2) is 0 Å². The van der Waals surface area contributed by atoms with Gasteiger partial charge in [0.25, 0.3) is 0 Å². The predicted octanol–water partition coefficient (Wildman–Crippen LogP) is 5.23. The Kier molecular flexibility index (Phi) is 6.74. The summed E-state index contributed by atoms with van der Waals surface area (Å²) in [5.41, 5.74) is -0.0172. The van der Waals surface area contributed by atoms with Crippen molar-refractivity contribution in [2.45, 2.75) is 0 Å². The van der Waals surface area contributed by atoms with Crippen molar-refractivity contribution in [3.05, 3.63) is 66.9 Å². The smallest absolute Gasteiger partial charge is 0.335 e. The van der Waals surface area contributed by atoms with Crippen molar-refractivity contribution in [2.75, 3.05) is 0 Å². The van der Waals surface area contributed by atoms with E-state index in [4.69, 9.17) is 16.7 Å². The Morgan fingerprint density at radius 1 is 1.21 bits per heavy atom. The summed E-state index contributed by atoms with van der Waals surface area (Å²) in [5, 5.41) is 8.24. The molecule has 0 aliphatic heterocycles. The van der Waals surface area contributed by atoms with Crippen LogP contribution in [0.3, 0.4) is 0 Å². The third-order valence-electron chi connectivity index (χ3n) is 1.97. The van der Waals surface area contributed by atoms with E-state index in [-0.39, 0.29) is 10.6 Å². The Labute approximate surface area is 136 Å². The molecule has 0 unspecified atom stereocenters. The maximum Gasteiger partial charge on any atom is 0.335 e. The van der Waals surface area contributed by atoms with Gasteiger partial charge in [-0.3, -0.25) is 0 Å². The molecule has 0 fully saturated rings. The molecule has 0 aliphatic rings. The van der Waals surface area contributed by atoms with Gasteiger partial charge in [0.1, 0.15) is 5.82 Å². The Hall–Kier alpha value is -0.660. The Morgan fingerprint density at radius 2 is 1.79 bits per heavy atom. The van der Waals surface area contributed by atoms with E-state index in [1.165, 1.54) is 3.57 Å². The molecule has 0 saturated carbocycles. The third kappa shape index (κ3) is 5.88. The topological polar surface area (TPSA) is 37.3 Å². The molecule has 19 heavy (non-hydrogen) atoms. The van der Waals surface area contributed by atoms with E-state index < -0.39 is 11.8 Å². The van der Waals surface area contributed by atoms with Gasteiger partial charge in [-0.2, -0.15) is 0 Å². The van der Waals surface area contributed by atoms with Crippen LogP contribution in [0.1, 0.15) is 10.4 Å². The second kappa shape index (κ2) is 7.81. The Balaban J connectivity index is 0.000000200. The molecule has 2 rings (SSSR count). The zero-order valence-corrected chi connectivity index (χ0v) is 13.9. The van der Waals surface area contributed by atoms with Crippen LogP contribution in [-0.2, 0) is 0 Å². The van der Waals surface area contributed by atoms with Crippen molar-refractivity contribution in [1.29, 1.82) is 0 Å². The van der Waals surface area contributed by atoms with Crippen LogP contribution in [0.4, 0.5) is 4.39 Å². The van der Waals surface area contributed by atoms with Crippen LogP contribution in [0.2, 0.25) is 5.02 Å². The van der Waals surface area contributed by atoms with E-state index in [1.807, 2.05) is 12.1 Å². The van der Waals surface area contributed by atoms with Crippen molar-refractivity contribution in [2.24, 2.45) is 0 Å².